The third-order valence-electron chi connectivity index (χ3n) is 5.79. The normalized spacial score (nSPS) is 12.6. The van der Waals surface area contributed by atoms with Gasteiger partial charge in [0.1, 0.15) is 5.75 Å². The van der Waals surface area contributed by atoms with E-state index in [2.05, 4.69) is 90.1 Å². The highest BCUT2D eigenvalue weighted by atomic mass is 16.3. The molecule has 0 aliphatic rings. The Labute approximate surface area is 174 Å². The first kappa shape index (κ1) is 19.5. The van der Waals surface area contributed by atoms with Gasteiger partial charge in [0.25, 0.3) is 0 Å². The minimum absolute atomic E-state index is 0.0490. The summed E-state index contributed by atoms with van der Waals surface area (Å²) in [4.78, 5) is 0. The summed E-state index contributed by atoms with van der Waals surface area (Å²) in [5.74, 6) is 0.383. The van der Waals surface area contributed by atoms with Crippen LogP contribution in [0.25, 0.3) is 32.7 Å². The Balaban J connectivity index is 2.19. The zero-order valence-corrected chi connectivity index (χ0v) is 18.3. The number of fused-ring (bicyclic) bond motifs is 2. The van der Waals surface area contributed by atoms with E-state index in [0.29, 0.717) is 5.75 Å². The molecule has 0 saturated carbocycles. The summed E-state index contributed by atoms with van der Waals surface area (Å²) < 4.78 is 0. The highest BCUT2D eigenvalue weighted by Gasteiger charge is 2.28. The molecule has 1 N–H and O–H groups in total. The lowest BCUT2D eigenvalue weighted by atomic mass is 9.75. The molecule has 0 aliphatic carbocycles. The fraction of sp³-hybridized carbons (Fsp3) is 0.286. The van der Waals surface area contributed by atoms with Crippen LogP contribution in [-0.2, 0) is 10.8 Å². The van der Waals surface area contributed by atoms with E-state index in [9.17, 15) is 5.11 Å². The van der Waals surface area contributed by atoms with Crippen molar-refractivity contribution in [3.05, 3.63) is 77.9 Å². The van der Waals surface area contributed by atoms with Crippen LogP contribution in [0.15, 0.2) is 66.7 Å². The number of hydrogen-bond acceptors (Lipinski definition) is 1. The average molecular weight is 383 g/mol. The summed E-state index contributed by atoms with van der Waals surface area (Å²) in [5.41, 5.74) is 4.38. The second kappa shape index (κ2) is 6.62. The van der Waals surface area contributed by atoms with E-state index in [0.717, 1.165) is 21.9 Å². The quantitative estimate of drug-likeness (QED) is 0.354. The van der Waals surface area contributed by atoms with Gasteiger partial charge in [-0.15, -0.1) is 0 Å². The predicted molar refractivity (Wildman–Crippen MR) is 126 cm³/mol. The van der Waals surface area contributed by atoms with Crippen LogP contribution in [0.4, 0.5) is 0 Å². The molecule has 4 rings (SSSR count). The largest absolute Gasteiger partial charge is 0.507 e. The Bertz CT molecular complexity index is 1220. The summed E-state index contributed by atoms with van der Waals surface area (Å²) in [5, 5.41) is 15.9. The molecule has 1 nitrogen and oxygen atoms in total. The molecule has 148 valence electrons. The van der Waals surface area contributed by atoms with Crippen LogP contribution in [0.3, 0.4) is 0 Å². The molecular weight excluding hydrogens is 352 g/mol. The Hall–Kier alpha value is -2.80. The van der Waals surface area contributed by atoms with Gasteiger partial charge in [-0.3, -0.25) is 0 Å². The SMILES string of the molecule is CC(C)(C)c1cc2ccccc2cc1-c1c(C(C)(C)C)cc2ccccc2c1O. The number of benzene rings is 4. The van der Waals surface area contributed by atoms with Crippen molar-refractivity contribution in [1.29, 1.82) is 0 Å². The summed E-state index contributed by atoms with van der Waals surface area (Å²) in [6, 6.07) is 23.4. The van der Waals surface area contributed by atoms with Crippen LogP contribution in [0, 0.1) is 0 Å². The lowest BCUT2D eigenvalue weighted by Gasteiger charge is -2.29. The first-order valence-electron chi connectivity index (χ1n) is 10.4. The van der Waals surface area contributed by atoms with Crippen molar-refractivity contribution in [1.82, 2.24) is 0 Å². The maximum absolute atomic E-state index is 11.5. The van der Waals surface area contributed by atoms with E-state index < -0.39 is 0 Å². The monoisotopic (exact) mass is 382 g/mol. The molecule has 4 aromatic carbocycles. The highest BCUT2D eigenvalue weighted by molar-refractivity contribution is 6.00. The van der Waals surface area contributed by atoms with Crippen molar-refractivity contribution >= 4 is 21.5 Å². The molecule has 0 saturated heterocycles. The second-order valence-corrected chi connectivity index (χ2v) is 10.1. The second-order valence-electron chi connectivity index (χ2n) is 10.1. The molecule has 0 bridgehead atoms. The van der Waals surface area contributed by atoms with Crippen LogP contribution in [0.5, 0.6) is 5.75 Å². The van der Waals surface area contributed by atoms with Gasteiger partial charge in [-0.1, -0.05) is 96.1 Å². The lowest BCUT2D eigenvalue weighted by Crippen LogP contribution is -2.16. The summed E-state index contributed by atoms with van der Waals surface area (Å²) in [6.45, 7) is 13.4. The van der Waals surface area contributed by atoms with Crippen molar-refractivity contribution in [2.45, 2.75) is 52.4 Å². The number of rotatable bonds is 1. The number of phenolic OH excluding ortho intramolecular Hbond substituents is 1. The standard InChI is InChI=1S/C28H30O/c1-27(2,3)23-16-19-12-8-7-11-18(19)15-22(23)25-24(28(4,5)6)17-20-13-9-10-14-21(20)26(25)29/h7-17,29H,1-6H3. The molecule has 0 heterocycles. The Kier molecular flexibility index (Phi) is 4.46. The first-order valence-corrected chi connectivity index (χ1v) is 10.4. The van der Waals surface area contributed by atoms with Crippen molar-refractivity contribution in [2.24, 2.45) is 0 Å². The maximum Gasteiger partial charge on any atom is 0.131 e. The van der Waals surface area contributed by atoms with Gasteiger partial charge in [-0.2, -0.15) is 0 Å². The molecule has 0 spiro atoms. The summed E-state index contributed by atoms with van der Waals surface area (Å²) >= 11 is 0. The fourth-order valence-corrected chi connectivity index (χ4v) is 4.26. The molecule has 0 amide bonds. The van der Waals surface area contributed by atoms with Gasteiger partial charge in [0.05, 0.1) is 0 Å². The Morgan fingerprint density at radius 1 is 0.586 bits per heavy atom. The van der Waals surface area contributed by atoms with Gasteiger partial charge in [-0.05, 0) is 55.8 Å². The van der Waals surface area contributed by atoms with E-state index in [1.165, 1.54) is 21.9 Å². The van der Waals surface area contributed by atoms with E-state index in [1.54, 1.807) is 0 Å². The number of hydrogen-bond donors (Lipinski definition) is 1. The van der Waals surface area contributed by atoms with Gasteiger partial charge in [0.15, 0.2) is 0 Å². The number of aromatic hydroxyl groups is 1. The average Bonchev–Trinajstić information content (AvgIpc) is 2.65. The van der Waals surface area contributed by atoms with Crippen molar-refractivity contribution in [3.8, 4) is 16.9 Å². The van der Waals surface area contributed by atoms with Crippen LogP contribution in [0.2, 0.25) is 0 Å². The lowest BCUT2D eigenvalue weighted by molar-refractivity contribution is 0.479. The van der Waals surface area contributed by atoms with Crippen molar-refractivity contribution < 1.29 is 5.11 Å². The number of phenols is 1. The fourth-order valence-electron chi connectivity index (χ4n) is 4.26. The topological polar surface area (TPSA) is 20.2 Å². The van der Waals surface area contributed by atoms with Gasteiger partial charge in [0, 0.05) is 10.9 Å². The smallest absolute Gasteiger partial charge is 0.131 e. The molecule has 0 fully saturated rings. The van der Waals surface area contributed by atoms with E-state index >= 15 is 0 Å². The summed E-state index contributed by atoms with van der Waals surface area (Å²) in [6.07, 6.45) is 0. The third kappa shape index (κ3) is 3.40. The van der Waals surface area contributed by atoms with E-state index in [1.807, 2.05) is 18.2 Å². The zero-order chi connectivity index (χ0) is 21.0. The van der Waals surface area contributed by atoms with E-state index in [4.69, 9.17) is 0 Å². The van der Waals surface area contributed by atoms with Gasteiger partial charge < -0.3 is 5.11 Å². The third-order valence-corrected chi connectivity index (χ3v) is 5.79. The molecule has 0 aromatic heterocycles. The molecule has 0 radical (unpaired) electrons. The molecule has 0 aliphatic heterocycles. The molecule has 4 aromatic rings. The van der Waals surface area contributed by atoms with Crippen LogP contribution in [0.1, 0.15) is 52.7 Å². The molecule has 1 heteroatoms. The Morgan fingerprint density at radius 3 is 1.66 bits per heavy atom. The Morgan fingerprint density at radius 2 is 1.07 bits per heavy atom. The summed E-state index contributed by atoms with van der Waals surface area (Å²) in [7, 11) is 0. The first-order chi connectivity index (χ1) is 13.6. The van der Waals surface area contributed by atoms with Crippen LogP contribution < -0.4 is 0 Å². The molecular formula is C28H30O. The minimum atomic E-state index is -0.0996. The predicted octanol–water partition coefficient (Wildman–Crippen LogP) is 7.96. The maximum atomic E-state index is 11.5. The highest BCUT2D eigenvalue weighted by Crippen LogP contribution is 2.47. The van der Waals surface area contributed by atoms with Crippen molar-refractivity contribution in [3.63, 3.8) is 0 Å². The van der Waals surface area contributed by atoms with Crippen molar-refractivity contribution in [2.75, 3.05) is 0 Å². The zero-order valence-electron chi connectivity index (χ0n) is 18.3. The molecule has 0 unspecified atom stereocenters. The minimum Gasteiger partial charge on any atom is -0.507 e. The van der Waals surface area contributed by atoms with Gasteiger partial charge in [0.2, 0.25) is 0 Å². The van der Waals surface area contributed by atoms with Crippen LogP contribution in [-0.4, -0.2) is 5.11 Å². The molecule has 29 heavy (non-hydrogen) atoms. The van der Waals surface area contributed by atoms with Gasteiger partial charge in [-0.25, -0.2) is 0 Å². The van der Waals surface area contributed by atoms with E-state index in [-0.39, 0.29) is 10.8 Å². The van der Waals surface area contributed by atoms with Gasteiger partial charge >= 0.3 is 0 Å². The van der Waals surface area contributed by atoms with Crippen LogP contribution >= 0.6 is 0 Å². The molecule has 0 atom stereocenters.